The molecular formula is C22H27BrN4O2. The van der Waals surface area contributed by atoms with Crippen molar-refractivity contribution in [2.24, 2.45) is 5.92 Å². The van der Waals surface area contributed by atoms with Crippen LogP contribution in [0.25, 0.3) is 0 Å². The predicted molar refractivity (Wildman–Crippen MR) is 121 cm³/mol. The zero-order valence-electron chi connectivity index (χ0n) is 16.6. The Bertz CT molecular complexity index is 816. The normalized spacial score (nSPS) is 14.3. The van der Waals surface area contributed by atoms with E-state index in [2.05, 4.69) is 55.8 Å². The number of halogens is 1. The topological polar surface area (TPSA) is 73.5 Å². The summed E-state index contributed by atoms with van der Waals surface area (Å²) < 4.78 is 0.943. The van der Waals surface area contributed by atoms with Crippen LogP contribution < -0.4 is 20.9 Å². The van der Waals surface area contributed by atoms with Crippen LogP contribution in [0.1, 0.15) is 26.2 Å². The standard InChI is InChI=1S/C22H27BrN4O2/c1-16-11-14-27(15-12-16)20-8-6-18(7-9-20)25-21(28)10-13-24-22(29)26-19-4-2-17(23)3-5-19/h2-9,16H,10-15H2,1H3,(H,25,28)(H2,24,26,29). The first-order valence-electron chi connectivity index (χ1n) is 9.95. The van der Waals surface area contributed by atoms with Crippen LogP contribution in [0.5, 0.6) is 0 Å². The van der Waals surface area contributed by atoms with Crippen LogP contribution in [-0.2, 0) is 4.79 Å². The minimum absolute atomic E-state index is 0.131. The van der Waals surface area contributed by atoms with Gasteiger partial charge >= 0.3 is 6.03 Å². The van der Waals surface area contributed by atoms with Gasteiger partial charge in [0.15, 0.2) is 0 Å². The van der Waals surface area contributed by atoms with Crippen molar-refractivity contribution in [3.05, 3.63) is 53.0 Å². The highest BCUT2D eigenvalue weighted by Gasteiger charge is 2.16. The molecule has 0 bridgehead atoms. The maximum Gasteiger partial charge on any atom is 0.319 e. The van der Waals surface area contributed by atoms with Crippen LogP contribution in [0.15, 0.2) is 53.0 Å². The van der Waals surface area contributed by atoms with E-state index in [0.717, 1.165) is 29.2 Å². The number of nitrogens with one attached hydrogen (secondary N) is 3. The van der Waals surface area contributed by atoms with Crippen molar-refractivity contribution in [3.8, 4) is 0 Å². The monoisotopic (exact) mass is 458 g/mol. The van der Waals surface area contributed by atoms with Crippen molar-refractivity contribution >= 4 is 44.9 Å². The molecule has 3 N–H and O–H groups in total. The van der Waals surface area contributed by atoms with Gasteiger partial charge in [-0.1, -0.05) is 22.9 Å². The van der Waals surface area contributed by atoms with Crippen molar-refractivity contribution in [2.45, 2.75) is 26.2 Å². The minimum Gasteiger partial charge on any atom is -0.372 e. The Kier molecular flexibility index (Phi) is 7.52. The van der Waals surface area contributed by atoms with E-state index in [9.17, 15) is 9.59 Å². The van der Waals surface area contributed by atoms with Gasteiger partial charge in [-0.15, -0.1) is 0 Å². The molecular weight excluding hydrogens is 432 g/mol. The van der Waals surface area contributed by atoms with Gasteiger partial charge in [-0.25, -0.2) is 4.79 Å². The minimum atomic E-state index is -0.333. The van der Waals surface area contributed by atoms with Gasteiger partial charge in [-0.05, 0) is 67.3 Å². The van der Waals surface area contributed by atoms with Crippen molar-refractivity contribution in [2.75, 3.05) is 35.2 Å². The Hall–Kier alpha value is -2.54. The number of nitrogens with zero attached hydrogens (tertiary/aromatic N) is 1. The maximum absolute atomic E-state index is 12.1. The number of urea groups is 1. The summed E-state index contributed by atoms with van der Waals surface area (Å²) in [6, 6.07) is 14.9. The lowest BCUT2D eigenvalue weighted by Gasteiger charge is -2.32. The van der Waals surface area contributed by atoms with Crippen molar-refractivity contribution in [3.63, 3.8) is 0 Å². The second-order valence-electron chi connectivity index (χ2n) is 7.40. The lowest BCUT2D eigenvalue weighted by molar-refractivity contribution is -0.116. The van der Waals surface area contributed by atoms with E-state index in [1.165, 1.54) is 18.5 Å². The molecule has 1 aliphatic rings. The molecule has 6 nitrogen and oxygen atoms in total. The van der Waals surface area contributed by atoms with Gasteiger partial charge in [-0.2, -0.15) is 0 Å². The quantitative estimate of drug-likeness (QED) is 0.579. The van der Waals surface area contributed by atoms with Crippen LogP contribution in [-0.4, -0.2) is 31.6 Å². The van der Waals surface area contributed by atoms with E-state index in [1.807, 2.05) is 24.3 Å². The van der Waals surface area contributed by atoms with E-state index >= 15 is 0 Å². The summed E-state index contributed by atoms with van der Waals surface area (Å²) in [5.74, 6) is 0.670. The largest absolute Gasteiger partial charge is 0.372 e. The van der Waals surface area contributed by atoms with Gasteiger partial charge in [0.05, 0.1) is 0 Å². The zero-order valence-corrected chi connectivity index (χ0v) is 18.2. The molecule has 29 heavy (non-hydrogen) atoms. The van der Waals surface area contributed by atoms with Gasteiger partial charge < -0.3 is 20.9 Å². The Morgan fingerprint density at radius 1 is 0.966 bits per heavy atom. The van der Waals surface area contributed by atoms with Crippen LogP contribution in [0.4, 0.5) is 21.9 Å². The molecule has 0 radical (unpaired) electrons. The van der Waals surface area contributed by atoms with Gasteiger partial charge in [0, 0.05) is 47.6 Å². The van der Waals surface area contributed by atoms with Crippen LogP contribution in [0, 0.1) is 5.92 Å². The highest BCUT2D eigenvalue weighted by molar-refractivity contribution is 9.10. The Labute approximate surface area is 180 Å². The zero-order chi connectivity index (χ0) is 20.6. The molecule has 0 aromatic heterocycles. The Morgan fingerprint density at radius 3 is 2.21 bits per heavy atom. The SMILES string of the molecule is CC1CCN(c2ccc(NC(=O)CCNC(=O)Nc3ccc(Br)cc3)cc2)CC1. The van der Waals surface area contributed by atoms with Gasteiger partial charge in [-0.3, -0.25) is 4.79 Å². The van der Waals surface area contributed by atoms with E-state index in [1.54, 1.807) is 12.1 Å². The molecule has 0 spiro atoms. The molecule has 2 aromatic rings. The number of piperidine rings is 1. The third-order valence-electron chi connectivity index (χ3n) is 5.04. The first-order chi connectivity index (χ1) is 14.0. The summed E-state index contributed by atoms with van der Waals surface area (Å²) in [7, 11) is 0. The first-order valence-corrected chi connectivity index (χ1v) is 10.7. The molecule has 0 unspecified atom stereocenters. The van der Waals surface area contributed by atoms with Crippen LogP contribution in [0.3, 0.4) is 0 Å². The maximum atomic E-state index is 12.1. The van der Waals surface area contributed by atoms with E-state index in [4.69, 9.17) is 0 Å². The second kappa shape index (κ2) is 10.3. The second-order valence-corrected chi connectivity index (χ2v) is 8.32. The summed E-state index contributed by atoms with van der Waals surface area (Å²) in [6.45, 7) is 4.73. The molecule has 0 saturated carbocycles. The highest BCUT2D eigenvalue weighted by atomic mass is 79.9. The third kappa shape index (κ3) is 6.78. The number of benzene rings is 2. The Morgan fingerprint density at radius 2 is 1.55 bits per heavy atom. The fraction of sp³-hybridized carbons (Fsp3) is 0.364. The van der Waals surface area contributed by atoms with E-state index in [0.29, 0.717) is 5.69 Å². The summed E-state index contributed by atoms with van der Waals surface area (Å²) in [5, 5.41) is 8.29. The molecule has 0 atom stereocenters. The first kappa shape index (κ1) is 21.2. The lowest BCUT2D eigenvalue weighted by Crippen LogP contribution is -2.32. The average molecular weight is 459 g/mol. The number of carbonyl (C=O) groups excluding carboxylic acids is 2. The molecule has 1 saturated heterocycles. The number of carbonyl (C=O) groups is 2. The Balaban J connectivity index is 1.38. The van der Waals surface area contributed by atoms with Gasteiger partial charge in [0.1, 0.15) is 0 Å². The van der Waals surface area contributed by atoms with Crippen molar-refractivity contribution in [1.29, 1.82) is 0 Å². The van der Waals surface area contributed by atoms with E-state index in [-0.39, 0.29) is 24.9 Å². The molecule has 154 valence electrons. The fourth-order valence-electron chi connectivity index (χ4n) is 3.24. The average Bonchev–Trinajstić information content (AvgIpc) is 2.71. The lowest BCUT2D eigenvalue weighted by atomic mass is 9.99. The number of hydrogen-bond donors (Lipinski definition) is 3. The molecule has 3 rings (SSSR count). The summed E-state index contributed by atoms with van der Waals surface area (Å²) >= 11 is 3.35. The molecule has 1 fully saturated rings. The smallest absolute Gasteiger partial charge is 0.319 e. The third-order valence-corrected chi connectivity index (χ3v) is 5.57. The number of anilines is 3. The van der Waals surface area contributed by atoms with Crippen molar-refractivity contribution < 1.29 is 9.59 Å². The molecule has 0 aliphatic carbocycles. The summed E-state index contributed by atoms with van der Waals surface area (Å²) in [4.78, 5) is 26.4. The molecule has 1 heterocycles. The van der Waals surface area contributed by atoms with Gasteiger partial charge in [0.25, 0.3) is 0 Å². The van der Waals surface area contributed by atoms with E-state index < -0.39 is 0 Å². The number of hydrogen-bond acceptors (Lipinski definition) is 3. The van der Waals surface area contributed by atoms with Gasteiger partial charge in [0.2, 0.25) is 5.91 Å². The summed E-state index contributed by atoms with van der Waals surface area (Å²) in [5.41, 5.74) is 2.66. The molecule has 2 aromatic carbocycles. The molecule has 3 amide bonds. The van der Waals surface area contributed by atoms with Crippen LogP contribution in [0.2, 0.25) is 0 Å². The van der Waals surface area contributed by atoms with Crippen LogP contribution >= 0.6 is 15.9 Å². The number of amides is 3. The van der Waals surface area contributed by atoms with Crippen molar-refractivity contribution in [1.82, 2.24) is 5.32 Å². The highest BCUT2D eigenvalue weighted by Crippen LogP contribution is 2.24. The molecule has 1 aliphatic heterocycles. The predicted octanol–water partition coefficient (Wildman–Crippen LogP) is 4.84. The fourth-order valence-corrected chi connectivity index (χ4v) is 3.51. The summed E-state index contributed by atoms with van der Waals surface area (Å²) in [6.07, 6.45) is 2.65. The molecule has 7 heteroatoms. The number of rotatable bonds is 6.